The molecule has 0 bridgehead atoms. The van der Waals surface area contributed by atoms with Crippen LogP contribution in [0.3, 0.4) is 0 Å². The lowest BCUT2D eigenvalue weighted by molar-refractivity contribution is 0.0725. The van der Waals surface area contributed by atoms with Crippen LogP contribution in [-0.2, 0) is 0 Å². The zero-order valence-electron chi connectivity index (χ0n) is 19.1. The van der Waals surface area contributed by atoms with Crippen LogP contribution in [0.2, 0.25) is 0 Å². The summed E-state index contributed by atoms with van der Waals surface area (Å²) in [4.78, 5) is 17.5. The molecule has 0 radical (unpaired) electrons. The number of ether oxygens (including phenoxy) is 2. The molecular weight excluding hydrogens is 418 g/mol. The van der Waals surface area contributed by atoms with Gasteiger partial charge in [0.05, 0.1) is 12.2 Å². The second-order valence-corrected chi connectivity index (χ2v) is 9.17. The average molecular weight is 448 g/mol. The number of benzene rings is 3. The van der Waals surface area contributed by atoms with Crippen molar-refractivity contribution in [2.75, 3.05) is 25.6 Å². The van der Waals surface area contributed by atoms with Crippen LogP contribution in [-0.4, -0.2) is 26.7 Å². The van der Waals surface area contributed by atoms with Crippen LogP contribution >= 0.6 is 11.8 Å². The summed E-state index contributed by atoms with van der Waals surface area (Å²) in [6, 6.07) is 20.0. The van der Waals surface area contributed by atoms with E-state index in [1.54, 1.807) is 23.9 Å². The van der Waals surface area contributed by atoms with Gasteiger partial charge in [0.2, 0.25) is 0 Å². The number of esters is 1. The number of carbonyl (C=O) groups is 1. The van der Waals surface area contributed by atoms with Crippen LogP contribution in [0, 0.1) is 0 Å². The normalized spacial score (nSPS) is 14.3. The second kappa shape index (κ2) is 9.70. The SMILES string of the molecule is CCCOc1ccc2c(c1OC(=O)c1ccc(N(C)C)cc1)C(CC)c1ccccc1S2. The number of hydrogen-bond acceptors (Lipinski definition) is 5. The van der Waals surface area contributed by atoms with Crippen LogP contribution in [0.4, 0.5) is 5.69 Å². The van der Waals surface area contributed by atoms with Crippen LogP contribution in [0.5, 0.6) is 11.5 Å². The average Bonchev–Trinajstić information content (AvgIpc) is 2.82. The highest BCUT2D eigenvalue weighted by Crippen LogP contribution is 2.53. The first-order valence-electron chi connectivity index (χ1n) is 11.1. The van der Waals surface area contributed by atoms with E-state index in [0.29, 0.717) is 23.7 Å². The molecule has 1 aliphatic heterocycles. The molecule has 32 heavy (non-hydrogen) atoms. The van der Waals surface area contributed by atoms with E-state index in [4.69, 9.17) is 9.47 Å². The van der Waals surface area contributed by atoms with Gasteiger partial charge in [-0.1, -0.05) is 43.8 Å². The van der Waals surface area contributed by atoms with E-state index in [9.17, 15) is 4.79 Å². The van der Waals surface area contributed by atoms with Gasteiger partial charge in [-0.15, -0.1) is 0 Å². The molecule has 0 amide bonds. The van der Waals surface area contributed by atoms with Gasteiger partial charge in [0.15, 0.2) is 11.5 Å². The maximum atomic E-state index is 13.1. The number of fused-ring (bicyclic) bond motifs is 2. The first-order valence-corrected chi connectivity index (χ1v) is 11.9. The predicted molar refractivity (Wildman–Crippen MR) is 131 cm³/mol. The minimum Gasteiger partial charge on any atom is -0.490 e. The monoisotopic (exact) mass is 447 g/mol. The van der Waals surface area contributed by atoms with E-state index in [-0.39, 0.29) is 11.9 Å². The molecule has 4 nitrogen and oxygen atoms in total. The molecule has 3 aromatic rings. The molecular formula is C27H29NO3S. The molecule has 0 spiro atoms. The number of rotatable bonds is 7. The Labute approximate surface area is 194 Å². The molecule has 0 fully saturated rings. The van der Waals surface area contributed by atoms with Gasteiger partial charge in [0.25, 0.3) is 0 Å². The van der Waals surface area contributed by atoms with Gasteiger partial charge in [-0.05, 0) is 60.9 Å². The quantitative estimate of drug-likeness (QED) is 0.295. The number of carbonyl (C=O) groups excluding carboxylic acids is 1. The first kappa shape index (κ1) is 22.3. The Bertz CT molecular complexity index is 1110. The lowest BCUT2D eigenvalue weighted by atomic mass is 9.87. The molecule has 0 aromatic heterocycles. The van der Waals surface area contributed by atoms with Crippen molar-refractivity contribution in [3.05, 3.63) is 77.4 Å². The third-order valence-electron chi connectivity index (χ3n) is 5.67. The summed E-state index contributed by atoms with van der Waals surface area (Å²) in [6.45, 7) is 4.81. The van der Waals surface area contributed by atoms with Gasteiger partial charge < -0.3 is 14.4 Å². The Kier molecular flexibility index (Phi) is 6.75. The van der Waals surface area contributed by atoms with Gasteiger partial charge in [-0.2, -0.15) is 0 Å². The minimum atomic E-state index is -0.372. The van der Waals surface area contributed by atoms with Crippen molar-refractivity contribution in [2.45, 2.75) is 42.4 Å². The van der Waals surface area contributed by atoms with Crippen molar-refractivity contribution in [1.82, 2.24) is 0 Å². The molecule has 0 aliphatic carbocycles. The molecule has 1 aliphatic rings. The third-order valence-corrected chi connectivity index (χ3v) is 6.83. The number of anilines is 1. The Morgan fingerprint density at radius 3 is 2.41 bits per heavy atom. The topological polar surface area (TPSA) is 38.8 Å². The van der Waals surface area contributed by atoms with Gasteiger partial charge in [0, 0.05) is 41.1 Å². The highest BCUT2D eigenvalue weighted by atomic mass is 32.2. The summed E-state index contributed by atoms with van der Waals surface area (Å²) in [5.74, 6) is 0.948. The largest absolute Gasteiger partial charge is 0.490 e. The smallest absolute Gasteiger partial charge is 0.343 e. The number of hydrogen-bond donors (Lipinski definition) is 0. The molecule has 1 atom stereocenters. The van der Waals surface area contributed by atoms with Crippen LogP contribution in [0.15, 0.2) is 70.5 Å². The maximum absolute atomic E-state index is 13.1. The summed E-state index contributed by atoms with van der Waals surface area (Å²) in [6.07, 6.45) is 1.79. The molecule has 4 rings (SSSR count). The van der Waals surface area contributed by atoms with E-state index in [2.05, 4.69) is 44.2 Å². The Morgan fingerprint density at radius 2 is 1.72 bits per heavy atom. The van der Waals surface area contributed by atoms with Gasteiger partial charge in [-0.25, -0.2) is 4.79 Å². The molecule has 3 aromatic carbocycles. The van der Waals surface area contributed by atoms with Crippen molar-refractivity contribution in [1.29, 1.82) is 0 Å². The molecule has 5 heteroatoms. The first-order chi connectivity index (χ1) is 15.5. The van der Waals surface area contributed by atoms with Crippen LogP contribution in [0.1, 0.15) is 54.1 Å². The molecule has 0 saturated carbocycles. The summed E-state index contributed by atoms with van der Waals surface area (Å²) < 4.78 is 12.1. The Hall–Kier alpha value is -2.92. The van der Waals surface area contributed by atoms with E-state index in [0.717, 1.165) is 29.0 Å². The standard InChI is InChI=1S/C27H29NO3S/c1-5-17-30-22-15-16-24-25(20(6-2)21-9-7-8-10-23(21)32-24)26(22)31-27(29)18-11-13-19(14-12-18)28(3)4/h7-16,20H,5-6,17H2,1-4H3. The van der Waals surface area contributed by atoms with Crippen molar-refractivity contribution >= 4 is 23.4 Å². The van der Waals surface area contributed by atoms with Gasteiger partial charge in [-0.3, -0.25) is 0 Å². The highest BCUT2D eigenvalue weighted by Gasteiger charge is 2.31. The van der Waals surface area contributed by atoms with Crippen LogP contribution in [0.25, 0.3) is 0 Å². The van der Waals surface area contributed by atoms with Crippen molar-refractivity contribution in [3.8, 4) is 11.5 Å². The van der Waals surface area contributed by atoms with Gasteiger partial charge >= 0.3 is 5.97 Å². The Balaban J connectivity index is 1.75. The van der Waals surface area contributed by atoms with E-state index in [1.165, 1.54) is 10.5 Å². The predicted octanol–water partition coefficient (Wildman–Crippen LogP) is 6.77. The van der Waals surface area contributed by atoms with Crippen molar-refractivity contribution < 1.29 is 14.3 Å². The van der Waals surface area contributed by atoms with Gasteiger partial charge in [0.1, 0.15) is 0 Å². The summed E-state index contributed by atoms with van der Waals surface area (Å²) in [5.41, 5.74) is 3.87. The second-order valence-electron chi connectivity index (χ2n) is 8.08. The fourth-order valence-electron chi connectivity index (χ4n) is 4.02. The molecule has 0 N–H and O–H groups in total. The fraction of sp³-hybridized carbons (Fsp3) is 0.296. The van der Waals surface area contributed by atoms with E-state index in [1.807, 2.05) is 37.2 Å². The maximum Gasteiger partial charge on any atom is 0.343 e. The molecule has 166 valence electrons. The number of nitrogens with zero attached hydrogens (tertiary/aromatic N) is 1. The fourth-order valence-corrected chi connectivity index (χ4v) is 5.21. The van der Waals surface area contributed by atoms with E-state index >= 15 is 0 Å². The summed E-state index contributed by atoms with van der Waals surface area (Å²) in [7, 11) is 3.95. The third kappa shape index (κ3) is 4.35. The lowest BCUT2D eigenvalue weighted by Gasteiger charge is -2.29. The lowest BCUT2D eigenvalue weighted by Crippen LogP contribution is -2.16. The molecule has 1 heterocycles. The van der Waals surface area contributed by atoms with Crippen molar-refractivity contribution in [2.24, 2.45) is 0 Å². The molecule has 0 saturated heterocycles. The zero-order chi connectivity index (χ0) is 22.7. The van der Waals surface area contributed by atoms with Crippen LogP contribution < -0.4 is 14.4 Å². The zero-order valence-corrected chi connectivity index (χ0v) is 19.9. The Morgan fingerprint density at radius 1 is 0.969 bits per heavy atom. The minimum absolute atomic E-state index is 0.145. The van der Waals surface area contributed by atoms with Crippen molar-refractivity contribution in [3.63, 3.8) is 0 Å². The summed E-state index contributed by atoms with van der Waals surface area (Å²) >= 11 is 1.72. The van der Waals surface area contributed by atoms with E-state index < -0.39 is 0 Å². The highest BCUT2D eigenvalue weighted by molar-refractivity contribution is 7.99. The summed E-state index contributed by atoms with van der Waals surface area (Å²) in [5, 5.41) is 0. The molecule has 1 unspecified atom stereocenters.